The average molecular weight is 520 g/mol. The van der Waals surface area contributed by atoms with Crippen LogP contribution in [0.15, 0.2) is 71.8 Å². The van der Waals surface area contributed by atoms with Gasteiger partial charge in [-0.15, -0.1) is 0 Å². The molecule has 38 heavy (non-hydrogen) atoms. The Bertz CT molecular complexity index is 1290. The predicted octanol–water partition coefficient (Wildman–Crippen LogP) is 4.19. The van der Waals surface area contributed by atoms with E-state index >= 15 is 0 Å². The van der Waals surface area contributed by atoms with Crippen molar-refractivity contribution in [1.82, 2.24) is 5.43 Å². The molecule has 0 aliphatic rings. The number of hydrazone groups is 1. The van der Waals surface area contributed by atoms with Gasteiger partial charge < -0.3 is 24.3 Å². The van der Waals surface area contributed by atoms with Gasteiger partial charge in [-0.25, -0.2) is 10.2 Å². The summed E-state index contributed by atoms with van der Waals surface area (Å²) >= 11 is 0. The molecule has 0 bridgehead atoms. The Hall–Kier alpha value is -4.86. The van der Waals surface area contributed by atoms with Gasteiger partial charge in [0.25, 0.3) is 0 Å². The maximum Gasteiger partial charge on any atom is 0.343 e. The van der Waals surface area contributed by atoms with Crippen LogP contribution in [-0.4, -0.2) is 44.8 Å². The highest BCUT2D eigenvalue weighted by atomic mass is 16.6. The van der Waals surface area contributed by atoms with Crippen LogP contribution >= 0.6 is 0 Å². The number of anilines is 1. The van der Waals surface area contributed by atoms with E-state index in [1.54, 1.807) is 60.7 Å². The molecule has 3 aromatic rings. The minimum Gasteiger partial charge on any atom is -0.495 e. The fourth-order valence-corrected chi connectivity index (χ4v) is 3.17. The molecule has 0 atom stereocenters. The van der Waals surface area contributed by atoms with Crippen molar-refractivity contribution in [3.05, 3.63) is 77.9 Å². The van der Waals surface area contributed by atoms with E-state index < -0.39 is 17.8 Å². The zero-order chi connectivity index (χ0) is 27.3. The fraction of sp³-hybridized carbons (Fsp3) is 0.214. The number of nitrogens with one attached hydrogen (secondary N) is 2. The van der Waals surface area contributed by atoms with Gasteiger partial charge in [-0.1, -0.05) is 25.5 Å². The summed E-state index contributed by atoms with van der Waals surface area (Å²) in [6.07, 6.45) is 3.31. The van der Waals surface area contributed by atoms with Crippen molar-refractivity contribution in [2.45, 2.75) is 19.8 Å². The summed E-state index contributed by atoms with van der Waals surface area (Å²) in [5, 5.41) is 6.26. The third kappa shape index (κ3) is 7.82. The number of carbonyl (C=O) groups is 3. The summed E-state index contributed by atoms with van der Waals surface area (Å²) in [7, 11) is 2.89. The van der Waals surface area contributed by atoms with Gasteiger partial charge in [0.05, 0.1) is 38.3 Å². The molecule has 0 heterocycles. The molecule has 3 rings (SSSR count). The Labute approximate surface area is 220 Å². The first-order valence-electron chi connectivity index (χ1n) is 11.9. The number of nitrogens with zero attached hydrogens (tertiary/aromatic N) is 1. The van der Waals surface area contributed by atoms with Crippen LogP contribution in [0.2, 0.25) is 0 Å². The number of esters is 1. The first-order valence-corrected chi connectivity index (χ1v) is 11.9. The van der Waals surface area contributed by atoms with Crippen LogP contribution in [0.4, 0.5) is 5.69 Å². The molecule has 0 spiro atoms. The lowest BCUT2D eigenvalue weighted by molar-refractivity contribution is -0.136. The maximum atomic E-state index is 12.6. The van der Waals surface area contributed by atoms with Crippen molar-refractivity contribution in [1.29, 1.82) is 0 Å². The molecule has 0 fully saturated rings. The number of ether oxygens (including phenoxy) is 4. The van der Waals surface area contributed by atoms with Crippen LogP contribution in [0.5, 0.6) is 23.0 Å². The van der Waals surface area contributed by atoms with Crippen molar-refractivity contribution < 1.29 is 33.3 Å². The van der Waals surface area contributed by atoms with Crippen molar-refractivity contribution >= 4 is 29.7 Å². The Morgan fingerprint density at radius 2 is 1.61 bits per heavy atom. The molecule has 10 heteroatoms. The summed E-state index contributed by atoms with van der Waals surface area (Å²) in [4.78, 5) is 36.8. The van der Waals surface area contributed by atoms with Crippen molar-refractivity contribution in [2.75, 3.05) is 26.1 Å². The van der Waals surface area contributed by atoms with Crippen LogP contribution in [0.1, 0.15) is 35.7 Å². The monoisotopic (exact) mass is 519 g/mol. The molecule has 0 unspecified atom stereocenters. The highest BCUT2D eigenvalue weighted by molar-refractivity contribution is 6.39. The van der Waals surface area contributed by atoms with Gasteiger partial charge >= 0.3 is 17.8 Å². The lowest BCUT2D eigenvalue weighted by Crippen LogP contribution is -2.32. The molecule has 0 aliphatic heterocycles. The Morgan fingerprint density at radius 3 is 2.32 bits per heavy atom. The van der Waals surface area contributed by atoms with Crippen LogP contribution in [0, 0.1) is 0 Å². The van der Waals surface area contributed by atoms with Crippen LogP contribution in [0.3, 0.4) is 0 Å². The smallest absolute Gasteiger partial charge is 0.343 e. The molecule has 0 aliphatic carbocycles. The lowest BCUT2D eigenvalue weighted by Gasteiger charge is -2.10. The van der Waals surface area contributed by atoms with Gasteiger partial charge in [0, 0.05) is 0 Å². The molecule has 2 N–H and O–H groups in total. The number of para-hydroxylation sites is 2. The van der Waals surface area contributed by atoms with Crippen molar-refractivity contribution in [3.63, 3.8) is 0 Å². The van der Waals surface area contributed by atoms with Gasteiger partial charge in [0.1, 0.15) is 11.5 Å². The van der Waals surface area contributed by atoms with Gasteiger partial charge in [0.15, 0.2) is 11.5 Å². The molecule has 198 valence electrons. The summed E-state index contributed by atoms with van der Waals surface area (Å²) in [5.41, 5.74) is 3.39. The molecular weight excluding hydrogens is 490 g/mol. The number of benzene rings is 3. The number of hydrogen-bond donors (Lipinski definition) is 2. The number of unbranched alkanes of at least 4 members (excludes halogenated alkanes) is 1. The molecule has 0 saturated carbocycles. The van der Waals surface area contributed by atoms with Crippen LogP contribution < -0.4 is 29.7 Å². The largest absolute Gasteiger partial charge is 0.495 e. The number of methoxy groups -OCH3 is 2. The molecule has 0 radical (unpaired) electrons. The standard InChI is InChI=1S/C28H29N3O7/c1-4-5-16-37-21-13-11-20(12-14-21)28(34)38-24-15-10-19(17-25(24)36-3)18-29-31-27(33)26(32)30-22-8-6-7-9-23(22)35-2/h6-15,17-18H,4-5,16H2,1-3H3,(H,30,32)(H,31,33)/b29-18-. The maximum absolute atomic E-state index is 12.6. The second kappa shape index (κ2) is 14.0. The number of hydrogen-bond acceptors (Lipinski definition) is 8. The van der Waals surface area contributed by atoms with E-state index in [9.17, 15) is 14.4 Å². The highest BCUT2D eigenvalue weighted by Crippen LogP contribution is 2.28. The Kier molecular flexibility index (Phi) is 10.2. The van der Waals surface area contributed by atoms with E-state index in [0.717, 1.165) is 12.8 Å². The van der Waals surface area contributed by atoms with Crippen LogP contribution in [0.25, 0.3) is 0 Å². The number of carbonyl (C=O) groups excluding carboxylic acids is 3. The Balaban J connectivity index is 1.57. The third-order valence-electron chi connectivity index (χ3n) is 5.19. The van der Waals surface area contributed by atoms with E-state index in [2.05, 4.69) is 22.8 Å². The van der Waals surface area contributed by atoms with E-state index in [1.807, 2.05) is 0 Å². The number of rotatable bonds is 11. The fourth-order valence-electron chi connectivity index (χ4n) is 3.17. The minimum absolute atomic E-state index is 0.207. The molecule has 0 saturated heterocycles. The highest BCUT2D eigenvalue weighted by Gasteiger charge is 2.16. The van der Waals surface area contributed by atoms with Gasteiger partial charge in [-0.3, -0.25) is 9.59 Å². The zero-order valence-electron chi connectivity index (χ0n) is 21.4. The second-order valence-corrected chi connectivity index (χ2v) is 7.88. The molecule has 2 amide bonds. The normalized spacial score (nSPS) is 10.5. The lowest BCUT2D eigenvalue weighted by atomic mass is 10.2. The number of amides is 2. The molecular formula is C28H29N3O7. The summed E-state index contributed by atoms with van der Waals surface area (Å²) in [6.45, 7) is 2.70. The van der Waals surface area contributed by atoms with Crippen molar-refractivity contribution in [3.8, 4) is 23.0 Å². The van der Waals surface area contributed by atoms with Gasteiger partial charge in [-0.05, 0) is 66.6 Å². The molecule has 10 nitrogen and oxygen atoms in total. The quantitative estimate of drug-likeness (QED) is 0.0972. The summed E-state index contributed by atoms with van der Waals surface area (Å²) < 4.78 is 21.6. The van der Waals surface area contributed by atoms with Gasteiger partial charge in [-0.2, -0.15) is 5.10 Å². The Morgan fingerprint density at radius 1 is 0.868 bits per heavy atom. The predicted molar refractivity (Wildman–Crippen MR) is 142 cm³/mol. The zero-order valence-corrected chi connectivity index (χ0v) is 21.4. The average Bonchev–Trinajstić information content (AvgIpc) is 2.94. The first-order chi connectivity index (χ1) is 18.4. The van der Waals surface area contributed by atoms with E-state index in [1.165, 1.54) is 26.5 Å². The SMILES string of the molecule is CCCCOc1ccc(C(=O)Oc2ccc(/C=N\NC(=O)C(=O)Nc3ccccc3OC)cc2OC)cc1. The van der Waals surface area contributed by atoms with E-state index in [-0.39, 0.29) is 11.5 Å². The second-order valence-electron chi connectivity index (χ2n) is 7.88. The van der Waals surface area contributed by atoms with Gasteiger partial charge in [0.2, 0.25) is 0 Å². The van der Waals surface area contributed by atoms with Crippen LogP contribution in [-0.2, 0) is 9.59 Å². The van der Waals surface area contributed by atoms with Crippen molar-refractivity contribution in [2.24, 2.45) is 5.10 Å². The van der Waals surface area contributed by atoms with E-state index in [4.69, 9.17) is 18.9 Å². The minimum atomic E-state index is -0.966. The molecule has 3 aromatic carbocycles. The third-order valence-corrected chi connectivity index (χ3v) is 5.19. The summed E-state index contributed by atoms with van der Waals surface area (Å²) in [5.74, 6) is -0.851. The molecule has 0 aromatic heterocycles. The summed E-state index contributed by atoms with van der Waals surface area (Å²) in [6, 6.07) is 18.1. The topological polar surface area (TPSA) is 125 Å². The van der Waals surface area contributed by atoms with E-state index in [0.29, 0.717) is 34.9 Å². The first kappa shape index (κ1) is 27.7.